The largest absolute Gasteiger partial charge is 0.461 e. The van der Waals surface area contributed by atoms with Crippen molar-refractivity contribution < 1.29 is 22.7 Å². The molecule has 0 aliphatic carbocycles. The first-order chi connectivity index (χ1) is 10.9. The lowest BCUT2D eigenvalue weighted by atomic mass is 10.0. The minimum absolute atomic E-state index is 0.0592. The first-order valence-electron chi connectivity index (χ1n) is 6.68. The number of nitriles is 1. The number of aryl methyl sites for hydroxylation is 2. The van der Waals surface area contributed by atoms with Crippen molar-refractivity contribution in [1.82, 2.24) is 0 Å². The van der Waals surface area contributed by atoms with Crippen molar-refractivity contribution in [2.24, 2.45) is 0 Å². The summed E-state index contributed by atoms with van der Waals surface area (Å²) in [6.45, 7) is 0.314. The smallest absolute Gasteiger partial charge is 0.387 e. The predicted molar refractivity (Wildman–Crippen MR) is 79.2 cm³/mol. The Labute approximate surface area is 131 Å². The topological polar surface area (TPSA) is 63.2 Å². The minimum atomic E-state index is -2.91. The maximum absolute atomic E-state index is 12.4. The summed E-state index contributed by atoms with van der Waals surface area (Å²) in [5.74, 6) is -0.391. The molecule has 23 heavy (non-hydrogen) atoms. The third-order valence-electron chi connectivity index (χ3n) is 3.11. The Morgan fingerprint density at radius 3 is 2.48 bits per heavy atom. The number of allylic oxidation sites excluding steroid dienone is 1. The van der Waals surface area contributed by atoms with Crippen LogP contribution in [0.25, 0.3) is 6.08 Å². The lowest BCUT2D eigenvalue weighted by Gasteiger charge is -2.12. The van der Waals surface area contributed by atoms with Gasteiger partial charge in [-0.25, -0.2) is 0 Å². The van der Waals surface area contributed by atoms with Gasteiger partial charge in [-0.3, -0.25) is 4.79 Å². The number of rotatable bonds is 5. The highest BCUT2D eigenvalue weighted by atomic mass is 19.3. The Bertz CT molecular complexity index is 764. The number of ketones is 1. The number of benzene rings is 1. The van der Waals surface area contributed by atoms with Gasteiger partial charge in [0.05, 0.1) is 6.26 Å². The summed E-state index contributed by atoms with van der Waals surface area (Å²) < 4.78 is 34.2. The van der Waals surface area contributed by atoms with Crippen LogP contribution in [-0.4, -0.2) is 12.4 Å². The van der Waals surface area contributed by atoms with Crippen molar-refractivity contribution in [3.05, 3.63) is 58.6 Å². The molecule has 0 spiro atoms. The molecule has 2 aromatic rings. The van der Waals surface area contributed by atoms with Crippen LogP contribution in [0.3, 0.4) is 0 Å². The molecule has 0 unspecified atom stereocenters. The molecule has 1 aromatic heterocycles. The van der Waals surface area contributed by atoms with E-state index in [1.54, 1.807) is 32.0 Å². The van der Waals surface area contributed by atoms with Gasteiger partial charge >= 0.3 is 6.61 Å². The zero-order chi connectivity index (χ0) is 17.0. The first-order valence-corrected chi connectivity index (χ1v) is 6.68. The van der Waals surface area contributed by atoms with Crippen LogP contribution in [0.15, 0.2) is 40.5 Å². The second kappa shape index (κ2) is 6.88. The van der Waals surface area contributed by atoms with Crippen LogP contribution >= 0.6 is 0 Å². The highest BCUT2D eigenvalue weighted by Gasteiger charge is 2.16. The number of alkyl halides is 2. The molecule has 0 radical (unpaired) electrons. The molecule has 4 nitrogen and oxygen atoms in total. The molecule has 0 aliphatic rings. The van der Waals surface area contributed by atoms with Gasteiger partial charge in [0.15, 0.2) is 5.76 Å². The Morgan fingerprint density at radius 1 is 1.35 bits per heavy atom. The van der Waals surface area contributed by atoms with Gasteiger partial charge in [-0.05, 0) is 60.9 Å². The minimum Gasteiger partial charge on any atom is -0.461 e. The summed E-state index contributed by atoms with van der Waals surface area (Å²) in [5.41, 5.74) is 1.40. The summed E-state index contributed by atoms with van der Waals surface area (Å²) in [4.78, 5) is 12.1. The second-order valence-electron chi connectivity index (χ2n) is 4.84. The van der Waals surface area contributed by atoms with Crippen molar-refractivity contribution in [3.63, 3.8) is 0 Å². The fourth-order valence-electron chi connectivity index (χ4n) is 2.20. The van der Waals surface area contributed by atoms with Crippen LogP contribution in [0.2, 0.25) is 0 Å². The number of carbonyl (C=O) groups is 1. The molecule has 1 aromatic carbocycles. The molecule has 2 rings (SSSR count). The monoisotopic (exact) mass is 317 g/mol. The number of hydrogen-bond donors (Lipinski definition) is 0. The molecule has 0 saturated carbocycles. The molecule has 0 atom stereocenters. The fourth-order valence-corrected chi connectivity index (χ4v) is 2.20. The first kappa shape index (κ1) is 16.4. The van der Waals surface area contributed by atoms with Crippen LogP contribution in [0.1, 0.15) is 27.2 Å². The van der Waals surface area contributed by atoms with E-state index in [2.05, 4.69) is 4.74 Å². The third kappa shape index (κ3) is 3.83. The standard InChI is InChI=1S/C17H13F2NO3/c1-10-6-12(7-11(2)16(10)23-17(18)19)8-13(9-20)15(21)14-4-3-5-22-14/h3-8,17H,1-2H3/b13-8+. The van der Waals surface area contributed by atoms with Gasteiger partial charge in [-0.2, -0.15) is 14.0 Å². The van der Waals surface area contributed by atoms with Crippen LogP contribution in [-0.2, 0) is 0 Å². The van der Waals surface area contributed by atoms with Gasteiger partial charge in [0.1, 0.15) is 17.4 Å². The van der Waals surface area contributed by atoms with E-state index in [0.717, 1.165) is 0 Å². The molecule has 0 amide bonds. The van der Waals surface area contributed by atoms with E-state index in [1.807, 2.05) is 6.07 Å². The zero-order valence-corrected chi connectivity index (χ0v) is 12.5. The fraction of sp³-hybridized carbons (Fsp3) is 0.176. The molecule has 0 bridgehead atoms. The SMILES string of the molecule is Cc1cc(/C=C(\C#N)C(=O)c2ccco2)cc(C)c1OC(F)F. The van der Waals surface area contributed by atoms with Crippen molar-refractivity contribution in [3.8, 4) is 11.8 Å². The Kier molecular flexibility index (Phi) is 4.91. The maximum atomic E-state index is 12.4. The van der Waals surface area contributed by atoms with Gasteiger partial charge < -0.3 is 9.15 Å². The Hall–Kier alpha value is -2.94. The maximum Gasteiger partial charge on any atom is 0.387 e. The normalized spacial score (nSPS) is 11.4. The summed E-state index contributed by atoms with van der Waals surface area (Å²) in [6, 6.07) is 7.97. The lowest BCUT2D eigenvalue weighted by molar-refractivity contribution is -0.0507. The van der Waals surface area contributed by atoms with Gasteiger partial charge in [0, 0.05) is 0 Å². The van der Waals surface area contributed by atoms with E-state index in [-0.39, 0.29) is 17.1 Å². The summed E-state index contributed by atoms with van der Waals surface area (Å²) in [6.07, 6.45) is 2.73. The average Bonchev–Trinajstić information content (AvgIpc) is 3.02. The predicted octanol–water partition coefficient (Wildman–Crippen LogP) is 4.29. The van der Waals surface area contributed by atoms with E-state index in [9.17, 15) is 13.6 Å². The van der Waals surface area contributed by atoms with Crippen LogP contribution in [0.5, 0.6) is 5.75 Å². The molecule has 0 saturated heterocycles. The zero-order valence-electron chi connectivity index (χ0n) is 12.5. The van der Waals surface area contributed by atoms with Gasteiger partial charge in [0.25, 0.3) is 0 Å². The number of furan rings is 1. The highest BCUT2D eigenvalue weighted by molar-refractivity contribution is 6.12. The van der Waals surface area contributed by atoms with Gasteiger partial charge in [-0.15, -0.1) is 0 Å². The van der Waals surface area contributed by atoms with E-state index in [1.165, 1.54) is 18.4 Å². The Morgan fingerprint density at radius 2 is 2.00 bits per heavy atom. The van der Waals surface area contributed by atoms with Crippen molar-refractivity contribution in [1.29, 1.82) is 5.26 Å². The average molecular weight is 317 g/mol. The number of Topliss-reactive ketones (excluding diaryl/α,β-unsaturated/α-hetero) is 1. The quantitative estimate of drug-likeness (QED) is 0.469. The summed E-state index contributed by atoms with van der Waals surface area (Å²) in [5, 5.41) is 9.16. The number of hydrogen-bond acceptors (Lipinski definition) is 4. The van der Waals surface area contributed by atoms with E-state index >= 15 is 0 Å². The molecule has 0 fully saturated rings. The van der Waals surface area contributed by atoms with Gasteiger partial charge in [-0.1, -0.05) is 0 Å². The van der Waals surface area contributed by atoms with E-state index in [0.29, 0.717) is 16.7 Å². The van der Waals surface area contributed by atoms with E-state index < -0.39 is 12.4 Å². The summed E-state index contributed by atoms with van der Waals surface area (Å²) in [7, 11) is 0. The number of nitrogens with zero attached hydrogens (tertiary/aromatic N) is 1. The molecular weight excluding hydrogens is 304 g/mol. The number of halogens is 2. The van der Waals surface area contributed by atoms with Crippen LogP contribution in [0.4, 0.5) is 8.78 Å². The molecule has 6 heteroatoms. The second-order valence-corrected chi connectivity index (χ2v) is 4.84. The van der Waals surface area contributed by atoms with Crippen molar-refractivity contribution in [2.75, 3.05) is 0 Å². The number of carbonyl (C=O) groups excluding carboxylic acids is 1. The Balaban J connectivity index is 2.38. The molecule has 1 heterocycles. The molecular formula is C17H13F2NO3. The third-order valence-corrected chi connectivity index (χ3v) is 3.11. The van der Waals surface area contributed by atoms with Crippen molar-refractivity contribution >= 4 is 11.9 Å². The molecule has 118 valence electrons. The lowest BCUT2D eigenvalue weighted by Crippen LogP contribution is -2.05. The van der Waals surface area contributed by atoms with Crippen LogP contribution in [0, 0.1) is 25.2 Å². The highest BCUT2D eigenvalue weighted by Crippen LogP contribution is 2.27. The van der Waals surface area contributed by atoms with E-state index in [4.69, 9.17) is 9.68 Å². The van der Waals surface area contributed by atoms with Crippen molar-refractivity contribution in [2.45, 2.75) is 20.5 Å². The molecule has 0 aliphatic heterocycles. The summed E-state index contributed by atoms with van der Waals surface area (Å²) >= 11 is 0. The van der Waals surface area contributed by atoms with Crippen LogP contribution < -0.4 is 4.74 Å². The number of ether oxygens (including phenoxy) is 1. The van der Waals surface area contributed by atoms with Gasteiger partial charge in [0.2, 0.25) is 5.78 Å². The molecule has 0 N–H and O–H groups in total.